The first-order valence-corrected chi connectivity index (χ1v) is 8.40. The molecule has 1 heterocycles. The van der Waals surface area contributed by atoms with E-state index in [4.69, 9.17) is 0 Å². The minimum Gasteiger partial charge on any atom is -0.377 e. The van der Waals surface area contributed by atoms with E-state index in [1.165, 1.54) is 5.56 Å². The van der Waals surface area contributed by atoms with Gasteiger partial charge in [-0.1, -0.05) is 36.4 Å². The van der Waals surface area contributed by atoms with Gasteiger partial charge in [-0.25, -0.2) is 0 Å². The normalized spacial score (nSPS) is 24.7. The summed E-state index contributed by atoms with van der Waals surface area (Å²) in [4.78, 5) is 10.5. The molecular formula is C18H15BrN2O2. The third-order valence-electron chi connectivity index (χ3n) is 4.81. The molecule has 3 atom stereocenters. The molecule has 0 saturated heterocycles. The molecule has 0 aromatic heterocycles. The molecule has 0 spiro atoms. The highest BCUT2D eigenvalue weighted by Gasteiger charge is 2.38. The third kappa shape index (κ3) is 2.36. The molecule has 0 unspecified atom stereocenters. The zero-order valence-electron chi connectivity index (χ0n) is 12.3. The molecule has 0 fully saturated rings. The molecule has 1 N–H and O–H groups in total. The van der Waals surface area contributed by atoms with E-state index >= 15 is 0 Å². The van der Waals surface area contributed by atoms with Gasteiger partial charge in [-0.2, -0.15) is 0 Å². The molecule has 0 amide bonds. The summed E-state index contributed by atoms with van der Waals surface area (Å²) in [6.45, 7) is 0. The number of benzene rings is 2. The van der Waals surface area contributed by atoms with Crippen LogP contribution in [0, 0.1) is 16.0 Å². The van der Waals surface area contributed by atoms with Crippen LogP contribution in [0.25, 0.3) is 0 Å². The summed E-state index contributed by atoms with van der Waals surface area (Å²) < 4.78 is 1.06. The molecule has 0 bridgehead atoms. The Labute approximate surface area is 142 Å². The van der Waals surface area contributed by atoms with E-state index in [2.05, 4.69) is 45.5 Å². The number of para-hydroxylation sites is 1. The van der Waals surface area contributed by atoms with Crippen molar-refractivity contribution < 1.29 is 4.92 Å². The summed E-state index contributed by atoms with van der Waals surface area (Å²) in [5, 5.41) is 14.5. The summed E-state index contributed by atoms with van der Waals surface area (Å²) in [5.74, 6) is 0.835. The van der Waals surface area contributed by atoms with E-state index in [1.807, 2.05) is 18.2 Å². The van der Waals surface area contributed by atoms with Gasteiger partial charge in [0.15, 0.2) is 0 Å². The summed E-state index contributed by atoms with van der Waals surface area (Å²) in [5.41, 5.74) is 3.67. The Morgan fingerprint density at radius 1 is 1.17 bits per heavy atom. The molecule has 116 valence electrons. The highest BCUT2D eigenvalue weighted by molar-refractivity contribution is 9.10. The van der Waals surface area contributed by atoms with Crippen molar-refractivity contribution in [1.29, 1.82) is 0 Å². The van der Waals surface area contributed by atoms with Gasteiger partial charge in [-0.3, -0.25) is 10.1 Å². The fraction of sp³-hybridized carbons (Fsp3) is 0.222. The first-order chi connectivity index (χ1) is 11.1. The van der Waals surface area contributed by atoms with E-state index in [0.717, 1.165) is 22.1 Å². The molecule has 5 heteroatoms. The maximum absolute atomic E-state index is 10.9. The Bertz CT molecular complexity index is 801. The van der Waals surface area contributed by atoms with E-state index in [0.29, 0.717) is 11.8 Å². The maximum atomic E-state index is 10.9. The Morgan fingerprint density at radius 2 is 1.96 bits per heavy atom. The van der Waals surface area contributed by atoms with Crippen molar-refractivity contribution in [3.8, 4) is 0 Å². The molecule has 1 aliphatic carbocycles. The lowest BCUT2D eigenvalue weighted by molar-refractivity contribution is -0.384. The maximum Gasteiger partial charge on any atom is 0.269 e. The van der Waals surface area contributed by atoms with Crippen LogP contribution in [0.15, 0.2) is 59.1 Å². The largest absolute Gasteiger partial charge is 0.377 e. The summed E-state index contributed by atoms with van der Waals surface area (Å²) in [6, 6.07) is 13.3. The first-order valence-electron chi connectivity index (χ1n) is 7.61. The highest BCUT2D eigenvalue weighted by Crippen LogP contribution is 2.51. The Kier molecular flexibility index (Phi) is 3.45. The van der Waals surface area contributed by atoms with Crippen LogP contribution < -0.4 is 5.32 Å². The van der Waals surface area contributed by atoms with Crippen LogP contribution in [0.2, 0.25) is 0 Å². The van der Waals surface area contributed by atoms with E-state index in [-0.39, 0.29) is 16.7 Å². The molecule has 4 nitrogen and oxygen atoms in total. The number of anilines is 1. The van der Waals surface area contributed by atoms with Gasteiger partial charge < -0.3 is 5.32 Å². The van der Waals surface area contributed by atoms with Gasteiger partial charge in [-0.05, 0) is 45.5 Å². The number of nitro benzene ring substituents is 1. The van der Waals surface area contributed by atoms with Crippen LogP contribution in [0.4, 0.5) is 11.4 Å². The number of fused-ring (bicyclic) bond motifs is 3. The molecular weight excluding hydrogens is 356 g/mol. The van der Waals surface area contributed by atoms with Gasteiger partial charge >= 0.3 is 0 Å². The number of nitrogens with one attached hydrogen (secondary N) is 1. The minimum absolute atomic E-state index is 0.132. The predicted octanol–water partition coefficient (Wildman–Crippen LogP) is 5.18. The quantitative estimate of drug-likeness (QED) is 0.449. The lowest BCUT2D eigenvalue weighted by Crippen LogP contribution is -2.29. The lowest BCUT2D eigenvalue weighted by atomic mass is 9.77. The molecule has 4 rings (SSSR count). The van der Waals surface area contributed by atoms with Gasteiger partial charge in [0.2, 0.25) is 0 Å². The molecule has 0 saturated carbocycles. The van der Waals surface area contributed by atoms with Crippen molar-refractivity contribution in [1.82, 2.24) is 0 Å². The van der Waals surface area contributed by atoms with Crippen molar-refractivity contribution in [3.63, 3.8) is 0 Å². The zero-order valence-corrected chi connectivity index (χ0v) is 13.9. The van der Waals surface area contributed by atoms with Crippen LogP contribution in [0.5, 0.6) is 0 Å². The average molecular weight is 371 g/mol. The number of hydrogen-bond acceptors (Lipinski definition) is 3. The average Bonchev–Trinajstić information content (AvgIpc) is 3.04. The van der Waals surface area contributed by atoms with Gasteiger partial charge in [0.25, 0.3) is 5.69 Å². The fourth-order valence-corrected chi connectivity index (χ4v) is 4.21. The van der Waals surface area contributed by atoms with E-state index in [9.17, 15) is 10.1 Å². The standard InChI is InChI=1S/C18H15BrN2O2/c19-16-6-2-5-15-13-3-1-4-14(13)17(20-18(15)16)11-7-9-12(10-8-11)21(22)23/h1-3,5-10,13-14,17,20H,4H2/t13-,14+,17-/m0/s1. The van der Waals surface area contributed by atoms with Crippen molar-refractivity contribution in [2.45, 2.75) is 18.4 Å². The Hall–Kier alpha value is -2.14. The van der Waals surface area contributed by atoms with Crippen molar-refractivity contribution >= 4 is 27.3 Å². The SMILES string of the molecule is O=[N+]([O-])c1ccc([C@@H]2Nc3c(Br)cccc3[C@H]3C=CC[C@H]32)cc1. The topological polar surface area (TPSA) is 55.2 Å². The van der Waals surface area contributed by atoms with E-state index < -0.39 is 0 Å². The molecule has 2 aromatic rings. The monoisotopic (exact) mass is 370 g/mol. The number of non-ortho nitro benzene ring substituents is 1. The van der Waals surface area contributed by atoms with Crippen LogP contribution in [-0.2, 0) is 0 Å². The lowest BCUT2D eigenvalue weighted by Gasteiger charge is -2.38. The van der Waals surface area contributed by atoms with Gasteiger partial charge in [0.05, 0.1) is 16.7 Å². The summed E-state index contributed by atoms with van der Waals surface area (Å²) in [6.07, 6.45) is 5.55. The number of hydrogen-bond donors (Lipinski definition) is 1. The van der Waals surface area contributed by atoms with E-state index in [1.54, 1.807) is 12.1 Å². The second kappa shape index (κ2) is 5.49. The second-order valence-electron chi connectivity index (χ2n) is 6.03. The fourth-order valence-electron chi connectivity index (χ4n) is 3.72. The Morgan fingerprint density at radius 3 is 2.70 bits per heavy atom. The molecule has 0 radical (unpaired) electrons. The zero-order chi connectivity index (χ0) is 16.0. The van der Waals surface area contributed by atoms with Crippen LogP contribution >= 0.6 is 15.9 Å². The molecule has 2 aliphatic rings. The number of nitrogens with zero attached hydrogens (tertiary/aromatic N) is 1. The summed E-state index contributed by atoms with van der Waals surface area (Å²) >= 11 is 3.63. The van der Waals surface area contributed by atoms with Crippen LogP contribution in [0.1, 0.15) is 29.5 Å². The van der Waals surface area contributed by atoms with Crippen molar-refractivity contribution in [2.75, 3.05) is 5.32 Å². The van der Waals surface area contributed by atoms with Crippen molar-refractivity contribution in [3.05, 3.63) is 80.3 Å². The third-order valence-corrected chi connectivity index (χ3v) is 5.47. The molecule has 23 heavy (non-hydrogen) atoms. The van der Waals surface area contributed by atoms with Crippen LogP contribution in [0.3, 0.4) is 0 Å². The number of rotatable bonds is 2. The highest BCUT2D eigenvalue weighted by atomic mass is 79.9. The Balaban J connectivity index is 1.75. The van der Waals surface area contributed by atoms with Crippen LogP contribution in [-0.4, -0.2) is 4.92 Å². The van der Waals surface area contributed by atoms with Crippen molar-refractivity contribution in [2.24, 2.45) is 5.92 Å². The number of allylic oxidation sites excluding steroid dienone is 2. The summed E-state index contributed by atoms with van der Waals surface area (Å²) in [7, 11) is 0. The smallest absolute Gasteiger partial charge is 0.269 e. The predicted molar refractivity (Wildman–Crippen MR) is 93.6 cm³/mol. The molecule has 2 aromatic carbocycles. The minimum atomic E-state index is -0.357. The van der Waals surface area contributed by atoms with Gasteiger partial charge in [0, 0.05) is 22.5 Å². The molecule has 1 aliphatic heterocycles. The second-order valence-corrected chi connectivity index (χ2v) is 6.88. The van der Waals surface area contributed by atoms with Gasteiger partial charge in [-0.15, -0.1) is 0 Å². The van der Waals surface area contributed by atoms with Gasteiger partial charge in [0.1, 0.15) is 0 Å². The number of halogens is 1. The number of nitro groups is 1. The first kappa shape index (κ1) is 14.5.